The first-order chi connectivity index (χ1) is 8.70. The molecule has 96 valence electrons. The minimum Gasteiger partial charge on any atom is -0.383 e. The van der Waals surface area contributed by atoms with Crippen LogP contribution in [-0.2, 0) is 4.74 Å². The Morgan fingerprint density at radius 3 is 3.00 bits per heavy atom. The summed E-state index contributed by atoms with van der Waals surface area (Å²) in [6.07, 6.45) is 0. The van der Waals surface area contributed by atoms with Crippen molar-refractivity contribution in [3.8, 4) is 11.4 Å². The zero-order chi connectivity index (χ0) is 13.0. The molecule has 0 fully saturated rings. The topological polar surface area (TPSA) is 60.2 Å². The summed E-state index contributed by atoms with van der Waals surface area (Å²) in [6, 6.07) is 6.34. The first-order valence-corrected chi connectivity index (χ1v) is 6.33. The predicted molar refractivity (Wildman–Crippen MR) is 72.5 cm³/mol. The van der Waals surface area contributed by atoms with Gasteiger partial charge in [-0.2, -0.15) is 4.98 Å². The Morgan fingerprint density at radius 2 is 2.28 bits per heavy atom. The molecule has 0 bridgehead atoms. The normalized spacial score (nSPS) is 10.6. The number of aryl methyl sites for hydroxylation is 1. The van der Waals surface area contributed by atoms with Crippen molar-refractivity contribution >= 4 is 21.9 Å². The van der Waals surface area contributed by atoms with Gasteiger partial charge in [0.05, 0.1) is 6.61 Å². The van der Waals surface area contributed by atoms with E-state index in [2.05, 4.69) is 31.4 Å². The highest BCUT2D eigenvalue weighted by Crippen LogP contribution is 2.24. The number of nitrogens with one attached hydrogen (secondary N) is 1. The van der Waals surface area contributed by atoms with Gasteiger partial charge in [-0.15, -0.1) is 0 Å². The van der Waals surface area contributed by atoms with Gasteiger partial charge in [-0.25, -0.2) is 0 Å². The van der Waals surface area contributed by atoms with Gasteiger partial charge in [0.25, 0.3) is 0 Å². The van der Waals surface area contributed by atoms with Crippen molar-refractivity contribution in [1.82, 2.24) is 10.1 Å². The highest BCUT2D eigenvalue weighted by Gasteiger charge is 2.10. The van der Waals surface area contributed by atoms with E-state index in [0.29, 0.717) is 25.0 Å². The lowest BCUT2D eigenvalue weighted by Gasteiger charge is -2.00. The summed E-state index contributed by atoms with van der Waals surface area (Å²) in [7, 11) is 1.64. The lowest BCUT2D eigenvalue weighted by Crippen LogP contribution is -2.07. The fourth-order valence-corrected chi connectivity index (χ4v) is 2.02. The van der Waals surface area contributed by atoms with Crippen LogP contribution in [0.15, 0.2) is 27.2 Å². The fourth-order valence-electron chi connectivity index (χ4n) is 1.54. The van der Waals surface area contributed by atoms with Gasteiger partial charge in [0.1, 0.15) is 0 Å². The number of nitrogens with zero attached hydrogens (tertiary/aromatic N) is 2. The number of hydrogen-bond donors (Lipinski definition) is 1. The molecule has 0 spiro atoms. The highest BCUT2D eigenvalue weighted by atomic mass is 79.9. The van der Waals surface area contributed by atoms with Gasteiger partial charge < -0.3 is 14.6 Å². The van der Waals surface area contributed by atoms with Crippen LogP contribution >= 0.6 is 15.9 Å². The number of benzene rings is 1. The standard InChI is InChI=1S/C12H14BrN3O2/c1-8-7-9(13)3-4-10(8)11-15-12(18-16-11)14-5-6-17-2/h3-4,7H,5-6H2,1-2H3,(H,14,15,16). The first kappa shape index (κ1) is 13.0. The van der Waals surface area contributed by atoms with E-state index < -0.39 is 0 Å². The molecule has 0 amide bonds. The Hall–Kier alpha value is -1.40. The van der Waals surface area contributed by atoms with E-state index in [0.717, 1.165) is 15.6 Å². The van der Waals surface area contributed by atoms with E-state index in [4.69, 9.17) is 9.26 Å². The van der Waals surface area contributed by atoms with Crippen molar-refractivity contribution in [2.45, 2.75) is 6.92 Å². The summed E-state index contributed by atoms with van der Waals surface area (Å²) in [4.78, 5) is 4.28. The van der Waals surface area contributed by atoms with Crippen molar-refractivity contribution in [2.24, 2.45) is 0 Å². The molecule has 2 aromatic rings. The van der Waals surface area contributed by atoms with Crippen molar-refractivity contribution in [3.05, 3.63) is 28.2 Å². The average Bonchev–Trinajstić information content (AvgIpc) is 2.78. The number of ether oxygens (including phenoxy) is 1. The molecule has 2 rings (SSSR count). The van der Waals surface area contributed by atoms with Gasteiger partial charge in [0, 0.05) is 23.7 Å². The zero-order valence-electron chi connectivity index (χ0n) is 10.2. The van der Waals surface area contributed by atoms with E-state index in [-0.39, 0.29) is 0 Å². The number of methoxy groups -OCH3 is 1. The molecule has 0 atom stereocenters. The van der Waals surface area contributed by atoms with Crippen LogP contribution in [0.25, 0.3) is 11.4 Å². The van der Waals surface area contributed by atoms with Crippen LogP contribution in [0.2, 0.25) is 0 Å². The number of aromatic nitrogens is 2. The average molecular weight is 312 g/mol. The Kier molecular flexibility index (Phi) is 4.33. The SMILES string of the molecule is COCCNc1nc(-c2ccc(Br)cc2C)no1. The van der Waals surface area contributed by atoms with Crippen molar-refractivity contribution < 1.29 is 9.26 Å². The molecule has 1 N–H and O–H groups in total. The molecular weight excluding hydrogens is 298 g/mol. The third-order valence-electron chi connectivity index (χ3n) is 2.44. The number of rotatable bonds is 5. The summed E-state index contributed by atoms with van der Waals surface area (Å²) in [5.74, 6) is 0.583. The summed E-state index contributed by atoms with van der Waals surface area (Å²) in [5, 5.41) is 6.94. The van der Waals surface area contributed by atoms with Crippen LogP contribution in [0.4, 0.5) is 6.01 Å². The van der Waals surface area contributed by atoms with E-state index in [9.17, 15) is 0 Å². The molecule has 0 aliphatic rings. The molecule has 1 aromatic heterocycles. The maximum atomic E-state index is 5.11. The summed E-state index contributed by atoms with van der Waals surface area (Å²) in [6.45, 7) is 3.24. The largest absolute Gasteiger partial charge is 0.383 e. The van der Waals surface area contributed by atoms with Gasteiger partial charge in [-0.3, -0.25) is 0 Å². The fraction of sp³-hybridized carbons (Fsp3) is 0.333. The minimum atomic E-state index is 0.407. The molecule has 0 aliphatic carbocycles. The predicted octanol–water partition coefficient (Wildman–Crippen LogP) is 2.87. The number of anilines is 1. The van der Waals surface area contributed by atoms with Gasteiger partial charge in [-0.1, -0.05) is 21.1 Å². The second-order valence-corrected chi connectivity index (χ2v) is 4.72. The third-order valence-corrected chi connectivity index (χ3v) is 2.93. The van der Waals surface area contributed by atoms with Gasteiger partial charge in [0.15, 0.2) is 0 Å². The Balaban J connectivity index is 2.13. The molecular formula is C12H14BrN3O2. The number of hydrogen-bond acceptors (Lipinski definition) is 5. The van der Waals surface area contributed by atoms with Gasteiger partial charge in [-0.05, 0) is 30.7 Å². The van der Waals surface area contributed by atoms with E-state index in [1.165, 1.54) is 0 Å². The Labute approximate surface area is 114 Å². The summed E-state index contributed by atoms with van der Waals surface area (Å²) in [5.41, 5.74) is 2.05. The Morgan fingerprint density at radius 1 is 1.44 bits per heavy atom. The second kappa shape index (κ2) is 5.97. The van der Waals surface area contributed by atoms with E-state index >= 15 is 0 Å². The first-order valence-electron chi connectivity index (χ1n) is 5.54. The molecule has 1 heterocycles. The number of halogens is 1. The van der Waals surface area contributed by atoms with Crippen LogP contribution in [-0.4, -0.2) is 30.4 Å². The molecule has 0 unspecified atom stereocenters. The Bertz CT molecular complexity index is 528. The molecule has 0 aliphatic heterocycles. The highest BCUT2D eigenvalue weighted by molar-refractivity contribution is 9.10. The van der Waals surface area contributed by atoms with E-state index in [1.54, 1.807) is 7.11 Å². The second-order valence-electron chi connectivity index (χ2n) is 3.80. The van der Waals surface area contributed by atoms with Crippen LogP contribution in [0.1, 0.15) is 5.56 Å². The monoisotopic (exact) mass is 311 g/mol. The third kappa shape index (κ3) is 3.08. The van der Waals surface area contributed by atoms with Crippen LogP contribution in [0, 0.1) is 6.92 Å². The van der Waals surface area contributed by atoms with Crippen LogP contribution in [0.3, 0.4) is 0 Å². The molecule has 0 saturated heterocycles. The summed E-state index contributed by atoms with van der Waals surface area (Å²) < 4.78 is 11.1. The van der Waals surface area contributed by atoms with Gasteiger partial charge in [0.2, 0.25) is 5.82 Å². The molecule has 6 heteroatoms. The van der Waals surface area contributed by atoms with E-state index in [1.807, 2.05) is 25.1 Å². The molecule has 0 radical (unpaired) electrons. The van der Waals surface area contributed by atoms with Crippen LogP contribution < -0.4 is 5.32 Å². The smallest absolute Gasteiger partial charge is 0.321 e. The van der Waals surface area contributed by atoms with Crippen molar-refractivity contribution in [1.29, 1.82) is 0 Å². The maximum absolute atomic E-state index is 5.11. The quantitative estimate of drug-likeness (QED) is 0.860. The lowest BCUT2D eigenvalue weighted by atomic mass is 10.1. The van der Waals surface area contributed by atoms with Crippen LogP contribution in [0.5, 0.6) is 0 Å². The molecule has 1 aromatic carbocycles. The minimum absolute atomic E-state index is 0.407. The molecule has 5 nitrogen and oxygen atoms in total. The zero-order valence-corrected chi connectivity index (χ0v) is 11.8. The van der Waals surface area contributed by atoms with Crippen molar-refractivity contribution in [2.75, 3.05) is 25.6 Å². The van der Waals surface area contributed by atoms with Gasteiger partial charge >= 0.3 is 6.01 Å². The maximum Gasteiger partial charge on any atom is 0.321 e. The molecule has 18 heavy (non-hydrogen) atoms. The lowest BCUT2D eigenvalue weighted by molar-refractivity contribution is 0.210. The van der Waals surface area contributed by atoms with Crippen molar-refractivity contribution in [3.63, 3.8) is 0 Å². The molecule has 0 saturated carbocycles. The summed E-state index contributed by atoms with van der Waals surface area (Å²) >= 11 is 3.43.